The van der Waals surface area contributed by atoms with Crippen LogP contribution in [0.5, 0.6) is 5.75 Å². The Hall–Kier alpha value is -0.700. The van der Waals surface area contributed by atoms with Gasteiger partial charge in [0.15, 0.2) is 0 Å². The minimum absolute atomic E-state index is 0.710. The van der Waals surface area contributed by atoms with E-state index in [0.717, 1.165) is 15.8 Å². The number of nitrogens with two attached hydrogens (primary N) is 1. The molecule has 0 unspecified atom stereocenters. The van der Waals surface area contributed by atoms with Crippen LogP contribution in [0.1, 0.15) is 5.56 Å². The Morgan fingerprint density at radius 3 is 2.64 bits per heavy atom. The molecule has 0 bridgehead atoms. The predicted molar refractivity (Wildman–Crippen MR) is 49.8 cm³/mol. The van der Waals surface area contributed by atoms with Crippen LogP contribution in [0.3, 0.4) is 0 Å². The maximum atomic E-state index is 5.67. The smallest absolute Gasteiger partial charge is 0.135 e. The predicted octanol–water partition coefficient (Wildman–Crippen LogP) is 2.35. The van der Waals surface area contributed by atoms with Crippen molar-refractivity contribution >= 4 is 21.6 Å². The van der Waals surface area contributed by atoms with Crippen LogP contribution in [0.25, 0.3) is 0 Å². The van der Waals surface area contributed by atoms with Gasteiger partial charge in [0, 0.05) is 5.69 Å². The number of hydrogen-bond acceptors (Lipinski definition) is 2. The molecule has 1 aromatic rings. The van der Waals surface area contributed by atoms with Crippen molar-refractivity contribution < 1.29 is 4.74 Å². The van der Waals surface area contributed by atoms with E-state index in [1.54, 1.807) is 7.11 Å². The first-order chi connectivity index (χ1) is 5.15. The minimum Gasteiger partial charge on any atom is -0.495 e. The van der Waals surface area contributed by atoms with Gasteiger partial charge >= 0.3 is 0 Å². The van der Waals surface area contributed by atoms with Gasteiger partial charge in [0.25, 0.3) is 0 Å². The van der Waals surface area contributed by atoms with Crippen molar-refractivity contribution in [3.05, 3.63) is 22.2 Å². The van der Waals surface area contributed by atoms with Crippen molar-refractivity contribution in [3.63, 3.8) is 0 Å². The summed E-state index contributed by atoms with van der Waals surface area (Å²) < 4.78 is 5.90. The Morgan fingerprint density at radius 2 is 2.09 bits per heavy atom. The van der Waals surface area contributed by atoms with Crippen molar-refractivity contribution in [3.8, 4) is 5.75 Å². The Morgan fingerprint density at radius 1 is 1.45 bits per heavy atom. The zero-order chi connectivity index (χ0) is 8.43. The summed E-state index contributed by atoms with van der Waals surface area (Å²) >= 11 is 3.32. The Kier molecular flexibility index (Phi) is 2.39. The van der Waals surface area contributed by atoms with Gasteiger partial charge in [0.2, 0.25) is 0 Å². The highest BCUT2D eigenvalue weighted by Crippen LogP contribution is 2.31. The highest BCUT2D eigenvalue weighted by atomic mass is 79.9. The fourth-order valence-corrected chi connectivity index (χ4v) is 1.30. The number of hydrogen-bond donors (Lipinski definition) is 1. The lowest BCUT2D eigenvalue weighted by molar-refractivity contribution is 0.412. The van der Waals surface area contributed by atoms with Crippen LogP contribution in [0.2, 0.25) is 0 Å². The zero-order valence-corrected chi connectivity index (χ0v) is 8.10. The van der Waals surface area contributed by atoms with Crippen LogP contribution in [-0.4, -0.2) is 7.11 Å². The second kappa shape index (κ2) is 3.13. The summed E-state index contributed by atoms with van der Waals surface area (Å²) in [5.41, 5.74) is 7.48. The van der Waals surface area contributed by atoms with Crippen molar-refractivity contribution in [1.29, 1.82) is 0 Å². The first-order valence-electron chi connectivity index (χ1n) is 3.24. The van der Waals surface area contributed by atoms with E-state index in [9.17, 15) is 0 Å². The fourth-order valence-electron chi connectivity index (χ4n) is 0.911. The zero-order valence-electron chi connectivity index (χ0n) is 6.52. The van der Waals surface area contributed by atoms with E-state index in [1.807, 2.05) is 19.1 Å². The molecule has 3 heteroatoms. The summed E-state index contributed by atoms with van der Waals surface area (Å²) in [4.78, 5) is 0. The third-order valence-corrected chi connectivity index (χ3v) is 2.28. The molecule has 60 valence electrons. The third-order valence-electron chi connectivity index (χ3n) is 1.43. The molecule has 0 saturated heterocycles. The number of rotatable bonds is 1. The second-order valence-electron chi connectivity index (χ2n) is 2.37. The molecule has 1 aromatic carbocycles. The third kappa shape index (κ3) is 1.66. The van der Waals surface area contributed by atoms with Crippen LogP contribution in [-0.2, 0) is 0 Å². The second-order valence-corrected chi connectivity index (χ2v) is 3.16. The highest BCUT2D eigenvalue weighted by molar-refractivity contribution is 9.10. The fraction of sp³-hybridized carbons (Fsp3) is 0.250. The average Bonchev–Trinajstić information content (AvgIpc) is 1.96. The molecule has 0 aliphatic carbocycles. The lowest BCUT2D eigenvalue weighted by atomic mass is 10.2. The quantitative estimate of drug-likeness (QED) is 0.731. The van der Waals surface area contributed by atoms with Gasteiger partial charge in [-0.2, -0.15) is 0 Å². The van der Waals surface area contributed by atoms with Crippen LogP contribution in [0.15, 0.2) is 16.6 Å². The van der Waals surface area contributed by atoms with E-state index in [2.05, 4.69) is 15.9 Å². The summed E-state index contributed by atoms with van der Waals surface area (Å²) in [5, 5.41) is 0. The van der Waals surface area contributed by atoms with E-state index >= 15 is 0 Å². The summed E-state index contributed by atoms with van der Waals surface area (Å²) in [6.07, 6.45) is 0. The molecule has 1 rings (SSSR count). The van der Waals surface area contributed by atoms with E-state index in [1.165, 1.54) is 0 Å². The van der Waals surface area contributed by atoms with Gasteiger partial charge in [-0.25, -0.2) is 0 Å². The van der Waals surface area contributed by atoms with E-state index in [0.29, 0.717) is 5.69 Å². The summed E-state index contributed by atoms with van der Waals surface area (Å²) in [6, 6.07) is 3.83. The molecular weight excluding hydrogens is 206 g/mol. The van der Waals surface area contributed by atoms with Crippen LogP contribution in [0.4, 0.5) is 5.69 Å². The van der Waals surface area contributed by atoms with Crippen molar-refractivity contribution in [2.45, 2.75) is 6.92 Å². The molecule has 0 aliphatic heterocycles. The van der Waals surface area contributed by atoms with Gasteiger partial charge in [0.05, 0.1) is 11.6 Å². The Balaban J connectivity index is 3.24. The van der Waals surface area contributed by atoms with Gasteiger partial charge in [-0.15, -0.1) is 0 Å². The summed E-state index contributed by atoms with van der Waals surface area (Å²) in [5.74, 6) is 0.780. The molecule has 0 atom stereocenters. The van der Waals surface area contributed by atoms with Gasteiger partial charge in [-0.1, -0.05) is 0 Å². The van der Waals surface area contributed by atoms with E-state index in [4.69, 9.17) is 10.5 Å². The Bertz CT molecular complexity index is 273. The first kappa shape index (κ1) is 8.40. The van der Waals surface area contributed by atoms with Gasteiger partial charge in [0.1, 0.15) is 5.75 Å². The number of anilines is 1. The average molecular weight is 216 g/mol. The molecule has 0 radical (unpaired) electrons. The number of aryl methyl sites for hydroxylation is 1. The minimum atomic E-state index is 0.710. The summed E-state index contributed by atoms with van der Waals surface area (Å²) in [7, 11) is 1.62. The molecule has 0 aromatic heterocycles. The normalized spacial score (nSPS) is 9.73. The molecular formula is C8H10BrNO. The van der Waals surface area contributed by atoms with Crippen LogP contribution >= 0.6 is 15.9 Å². The molecule has 0 saturated carbocycles. The Labute approximate surface area is 74.5 Å². The number of nitrogen functional groups attached to an aromatic ring is 1. The van der Waals surface area contributed by atoms with E-state index < -0.39 is 0 Å². The number of halogens is 1. The molecule has 0 heterocycles. The highest BCUT2D eigenvalue weighted by Gasteiger charge is 2.03. The maximum absolute atomic E-state index is 5.67. The van der Waals surface area contributed by atoms with Crippen molar-refractivity contribution in [2.24, 2.45) is 0 Å². The monoisotopic (exact) mass is 215 g/mol. The van der Waals surface area contributed by atoms with Gasteiger partial charge < -0.3 is 10.5 Å². The molecule has 2 N–H and O–H groups in total. The molecule has 11 heavy (non-hydrogen) atoms. The van der Waals surface area contributed by atoms with Crippen molar-refractivity contribution in [1.82, 2.24) is 0 Å². The first-order valence-corrected chi connectivity index (χ1v) is 4.04. The molecule has 0 spiro atoms. The van der Waals surface area contributed by atoms with Crippen molar-refractivity contribution in [2.75, 3.05) is 12.8 Å². The molecule has 0 fully saturated rings. The molecule has 2 nitrogen and oxygen atoms in total. The van der Waals surface area contributed by atoms with E-state index in [-0.39, 0.29) is 0 Å². The number of methoxy groups -OCH3 is 1. The summed E-state index contributed by atoms with van der Waals surface area (Å²) in [6.45, 7) is 1.98. The SMILES string of the molecule is COc1cc(C)cc(N)c1Br. The standard InChI is InChI=1S/C8H10BrNO/c1-5-3-6(10)8(9)7(4-5)11-2/h3-4H,10H2,1-2H3. The lowest BCUT2D eigenvalue weighted by Crippen LogP contribution is -1.92. The number of benzene rings is 1. The molecule has 0 aliphatic rings. The number of ether oxygens (including phenoxy) is 1. The lowest BCUT2D eigenvalue weighted by Gasteiger charge is -2.06. The maximum Gasteiger partial charge on any atom is 0.135 e. The largest absolute Gasteiger partial charge is 0.495 e. The van der Waals surface area contributed by atoms with Gasteiger partial charge in [-0.3, -0.25) is 0 Å². The van der Waals surface area contributed by atoms with Crippen LogP contribution < -0.4 is 10.5 Å². The topological polar surface area (TPSA) is 35.2 Å². The van der Waals surface area contributed by atoms with Crippen LogP contribution in [0, 0.1) is 6.92 Å². The molecule has 0 amide bonds. The van der Waals surface area contributed by atoms with Gasteiger partial charge in [-0.05, 0) is 40.5 Å².